The highest BCUT2D eigenvalue weighted by atomic mass is 19.1. The predicted octanol–water partition coefficient (Wildman–Crippen LogP) is -1.96. The van der Waals surface area contributed by atoms with Crippen molar-refractivity contribution < 1.29 is 28.8 Å². The van der Waals surface area contributed by atoms with Crippen LogP contribution in [-0.2, 0) is 16.1 Å². The fourth-order valence-corrected chi connectivity index (χ4v) is 3.34. The highest BCUT2D eigenvalue weighted by Gasteiger charge is 2.53. The van der Waals surface area contributed by atoms with Crippen molar-refractivity contribution in [3.8, 4) is 0 Å². The molecule has 0 unspecified atom stereocenters. The van der Waals surface area contributed by atoms with Crippen molar-refractivity contribution in [1.82, 2.24) is 10.2 Å². The molecule has 2 saturated heterocycles. The van der Waals surface area contributed by atoms with Crippen LogP contribution in [0.4, 0.5) is 9.18 Å². The minimum Gasteiger partial charge on any atom is -0.544 e. The third-order valence-corrected chi connectivity index (χ3v) is 4.70. The second-order valence-corrected chi connectivity index (χ2v) is 6.33. The molecule has 2 aliphatic heterocycles. The van der Waals surface area contributed by atoms with E-state index in [1.165, 1.54) is 24.3 Å². The molecule has 2 fully saturated rings. The summed E-state index contributed by atoms with van der Waals surface area (Å²) in [5.74, 6) is -1.80. The molecular formula is C16H18FN3O4. The molecule has 128 valence electrons. The molecule has 0 aliphatic carbocycles. The monoisotopic (exact) mass is 335 g/mol. The van der Waals surface area contributed by atoms with Gasteiger partial charge < -0.3 is 20.1 Å². The molecule has 8 heteroatoms. The maximum absolute atomic E-state index is 13.0. The van der Waals surface area contributed by atoms with Gasteiger partial charge in [0.05, 0.1) is 25.6 Å². The fourth-order valence-electron chi connectivity index (χ4n) is 3.34. The van der Waals surface area contributed by atoms with Crippen LogP contribution in [0.2, 0.25) is 0 Å². The molecule has 2 heterocycles. The van der Waals surface area contributed by atoms with Crippen LogP contribution in [0.3, 0.4) is 0 Å². The van der Waals surface area contributed by atoms with Gasteiger partial charge in [-0.3, -0.25) is 9.69 Å². The third kappa shape index (κ3) is 3.09. The van der Waals surface area contributed by atoms with Crippen LogP contribution in [0.25, 0.3) is 0 Å². The number of imide groups is 1. The number of urea groups is 1. The van der Waals surface area contributed by atoms with E-state index in [4.69, 9.17) is 0 Å². The van der Waals surface area contributed by atoms with Crippen molar-refractivity contribution in [2.45, 2.75) is 24.9 Å². The predicted molar refractivity (Wildman–Crippen MR) is 78.0 cm³/mol. The standard InChI is InChI=1S/C16H18FN3O4/c17-12-3-1-11(2-4-12)9-20-14(23)16(18-15(20)24)5-7-19(8-6-16)10-13(21)22/h1-4H,5-10H2,(H,18,24)(H,21,22). The highest BCUT2D eigenvalue weighted by Crippen LogP contribution is 2.27. The highest BCUT2D eigenvalue weighted by molar-refractivity contribution is 6.07. The molecule has 0 radical (unpaired) electrons. The normalized spacial score (nSPS) is 26.7. The lowest BCUT2D eigenvalue weighted by molar-refractivity contribution is -0.900. The zero-order chi connectivity index (χ0) is 17.3. The second-order valence-electron chi connectivity index (χ2n) is 6.33. The maximum atomic E-state index is 13.0. The van der Waals surface area contributed by atoms with E-state index in [2.05, 4.69) is 5.32 Å². The summed E-state index contributed by atoms with van der Waals surface area (Å²) < 4.78 is 13.0. The number of halogens is 1. The average molecular weight is 335 g/mol. The van der Waals surface area contributed by atoms with Gasteiger partial charge in [0.15, 0.2) is 0 Å². The van der Waals surface area contributed by atoms with Crippen LogP contribution >= 0.6 is 0 Å². The molecule has 1 aromatic carbocycles. The van der Waals surface area contributed by atoms with Gasteiger partial charge >= 0.3 is 6.03 Å². The molecule has 1 aromatic rings. The van der Waals surface area contributed by atoms with Gasteiger partial charge in [0.1, 0.15) is 17.9 Å². The SMILES string of the molecule is O=C([O-])C[NH+]1CCC2(CC1)NC(=O)N(Cc1ccc(F)cc1)C2=O. The van der Waals surface area contributed by atoms with Crippen molar-refractivity contribution >= 4 is 17.9 Å². The number of aliphatic carboxylic acids is 1. The molecule has 2 N–H and O–H groups in total. The van der Waals surface area contributed by atoms with Gasteiger partial charge in [-0.15, -0.1) is 0 Å². The number of piperidine rings is 1. The number of amides is 3. The van der Waals surface area contributed by atoms with E-state index in [1.807, 2.05) is 0 Å². The Balaban J connectivity index is 1.68. The summed E-state index contributed by atoms with van der Waals surface area (Å²) in [4.78, 5) is 37.6. The molecule has 3 amide bonds. The number of hydrogen-bond acceptors (Lipinski definition) is 4. The fraction of sp³-hybridized carbons (Fsp3) is 0.438. The quantitative estimate of drug-likeness (QED) is 0.625. The van der Waals surface area contributed by atoms with Gasteiger partial charge in [-0.25, -0.2) is 9.18 Å². The molecule has 1 spiro atoms. The number of hydrogen-bond donors (Lipinski definition) is 2. The molecule has 0 aromatic heterocycles. The van der Waals surface area contributed by atoms with Gasteiger partial charge in [0, 0.05) is 12.8 Å². The van der Waals surface area contributed by atoms with Crippen LogP contribution in [-0.4, -0.2) is 48.0 Å². The zero-order valence-corrected chi connectivity index (χ0v) is 13.0. The molecule has 0 bridgehead atoms. The number of carboxylic acids is 1. The lowest BCUT2D eigenvalue weighted by atomic mass is 9.87. The Morgan fingerprint density at radius 2 is 1.88 bits per heavy atom. The third-order valence-electron chi connectivity index (χ3n) is 4.70. The first kappa shape index (κ1) is 16.4. The Morgan fingerprint density at radius 3 is 2.46 bits per heavy atom. The molecule has 24 heavy (non-hydrogen) atoms. The number of rotatable bonds is 4. The number of quaternary nitrogens is 1. The first-order valence-corrected chi connectivity index (χ1v) is 7.82. The van der Waals surface area contributed by atoms with Gasteiger partial charge in [0.2, 0.25) is 0 Å². The Labute approximate surface area is 138 Å². The van der Waals surface area contributed by atoms with E-state index >= 15 is 0 Å². The summed E-state index contributed by atoms with van der Waals surface area (Å²) in [5.41, 5.74) is -0.288. The lowest BCUT2D eigenvalue weighted by Gasteiger charge is -2.35. The van der Waals surface area contributed by atoms with Gasteiger partial charge in [0.25, 0.3) is 5.91 Å². The van der Waals surface area contributed by atoms with Crippen LogP contribution < -0.4 is 15.3 Å². The summed E-state index contributed by atoms with van der Waals surface area (Å²) >= 11 is 0. The molecule has 0 saturated carbocycles. The zero-order valence-electron chi connectivity index (χ0n) is 13.0. The molecular weight excluding hydrogens is 317 g/mol. The molecule has 7 nitrogen and oxygen atoms in total. The average Bonchev–Trinajstić information content (AvgIpc) is 2.76. The van der Waals surface area contributed by atoms with Crippen LogP contribution in [0.1, 0.15) is 18.4 Å². The van der Waals surface area contributed by atoms with Gasteiger partial charge in [-0.1, -0.05) is 12.1 Å². The number of carbonyl (C=O) groups excluding carboxylic acids is 3. The topological polar surface area (TPSA) is 94.0 Å². The number of nitrogens with zero attached hydrogens (tertiary/aromatic N) is 1. The van der Waals surface area contributed by atoms with Crippen molar-refractivity contribution in [3.63, 3.8) is 0 Å². The molecule has 2 aliphatic rings. The summed E-state index contributed by atoms with van der Waals surface area (Å²) in [5, 5.41) is 13.4. The number of benzene rings is 1. The molecule has 0 atom stereocenters. The van der Waals surface area contributed by atoms with E-state index in [0.29, 0.717) is 31.5 Å². The van der Waals surface area contributed by atoms with E-state index in [9.17, 15) is 23.9 Å². The van der Waals surface area contributed by atoms with Crippen LogP contribution in [0, 0.1) is 5.82 Å². The van der Waals surface area contributed by atoms with Crippen molar-refractivity contribution in [3.05, 3.63) is 35.6 Å². The van der Waals surface area contributed by atoms with Crippen molar-refractivity contribution in [1.29, 1.82) is 0 Å². The van der Waals surface area contributed by atoms with Crippen LogP contribution in [0.5, 0.6) is 0 Å². The summed E-state index contributed by atoms with van der Waals surface area (Å²) in [6.45, 7) is 0.939. The first-order valence-electron chi connectivity index (χ1n) is 7.82. The Morgan fingerprint density at radius 1 is 1.25 bits per heavy atom. The van der Waals surface area contributed by atoms with E-state index in [1.54, 1.807) is 0 Å². The second kappa shape index (κ2) is 6.20. The van der Waals surface area contributed by atoms with Crippen molar-refractivity contribution in [2.75, 3.05) is 19.6 Å². The van der Waals surface area contributed by atoms with Gasteiger partial charge in [-0.2, -0.15) is 0 Å². The number of likely N-dealkylation sites (tertiary alicyclic amines) is 1. The summed E-state index contributed by atoms with van der Waals surface area (Å²) in [6.07, 6.45) is 0.778. The number of carbonyl (C=O) groups is 3. The minimum absolute atomic E-state index is 0.0856. The Bertz CT molecular complexity index is 668. The van der Waals surface area contributed by atoms with Gasteiger partial charge in [-0.05, 0) is 17.7 Å². The summed E-state index contributed by atoms with van der Waals surface area (Å²) in [7, 11) is 0. The molecule has 3 rings (SSSR count). The number of nitrogens with one attached hydrogen (secondary N) is 2. The Kier molecular flexibility index (Phi) is 4.23. The summed E-state index contributed by atoms with van der Waals surface area (Å²) in [6, 6.07) is 5.17. The van der Waals surface area contributed by atoms with E-state index in [0.717, 1.165) is 9.80 Å². The van der Waals surface area contributed by atoms with E-state index in [-0.39, 0.29) is 24.8 Å². The first-order chi connectivity index (χ1) is 11.4. The Hall–Kier alpha value is -2.48. The largest absolute Gasteiger partial charge is 0.544 e. The van der Waals surface area contributed by atoms with Crippen LogP contribution in [0.15, 0.2) is 24.3 Å². The minimum atomic E-state index is -1.12. The number of carboxylic acid groups (broad SMARTS) is 1. The smallest absolute Gasteiger partial charge is 0.325 e. The van der Waals surface area contributed by atoms with Crippen molar-refractivity contribution in [2.24, 2.45) is 0 Å². The van der Waals surface area contributed by atoms with E-state index < -0.39 is 17.5 Å². The maximum Gasteiger partial charge on any atom is 0.325 e. The lowest BCUT2D eigenvalue weighted by Crippen LogP contribution is -3.15.